The van der Waals surface area contributed by atoms with Gasteiger partial charge in [0.15, 0.2) is 6.61 Å². The van der Waals surface area contributed by atoms with Crippen molar-refractivity contribution in [3.63, 3.8) is 0 Å². The van der Waals surface area contributed by atoms with Crippen molar-refractivity contribution >= 4 is 10.9 Å². The average Bonchev–Trinajstić information content (AvgIpc) is 3.42. The van der Waals surface area contributed by atoms with Crippen LogP contribution in [0.5, 0.6) is 5.75 Å². The molecule has 4 rings (SSSR count). The van der Waals surface area contributed by atoms with Gasteiger partial charge in [0.25, 0.3) is 0 Å². The van der Waals surface area contributed by atoms with E-state index in [1.165, 1.54) is 6.07 Å². The largest absolute Gasteiger partial charge is 0.484 e. The number of hydrogen-bond acceptors (Lipinski definition) is 3. The third-order valence-corrected chi connectivity index (χ3v) is 4.60. The van der Waals surface area contributed by atoms with Crippen LogP contribution in [-0.4, -0.2) is 22.3 Å². The molecular weight excluding hydrogens is 355 g/mol. The van der Waals surface area contributed by atoms with Crippen LogP contribution in [0.4, 0.5) is 13.2 Å². The van der Waals surface area contributed by atoms with Crippen LogP contribution in [0.15, 0.2) is 42.6 Å². The van der Waals surface area contributed by atoms with E-state index in [0.29, 0.717) is 40.3 Å². The van der Waals surface area contributed by atoms with E-state index in [2.05, 4.69) is 11.1 Å². The number of hydrogen-bond donors (Lipinski definition) is 0. The van der Waals surface area contributed by atoms with Gasteiger partial charge in [0.2, 0.25) is 0 Å². The molecule has 0 spiro atoms. The van der Waals surface area contributed by atoms with E-state index >= 15 is 0 Å². The molecule has 7 heteroatoms. The Labute approximate surface area is 153 Å². The molecule has 4 nitrogen and oxygen atoms in total. The van der Waals surface area contributed by atoms with Crippen LogP contribution < -0.4 is 4.74 Å². The molecule has 1 fully saturated rings. The van der Waals surface area contributed by atoms with Gasteiger partial charge in [-0.3, -0.25) is 4.98 Å². The molecule has 0 unspecified atom stereocenters. The van der Waals surface area contributed by atoms with Gasteiger partial charge >= 0.3 is 6.18 Å². The average molecular weight is 371 g/mol. The van der Waals surface area contributed by atoms with Crippen molar-refractivity contribution < 1.29 is 17.9 Å². The van der Waals surface area contributed by atoms with Gasteiger partial charge < -0.3 is 9.30 Å². The fourth-order valence-electron chi connectivity index (χ4n) is 3.21. The summed E-state index contributed by atoms with van der Waals surface area (Å²) in [5.41, 5.74) is 2.54. The second-order valence-electron chi connectivity index (χ2n) is 6.69. The summed E-state index contributed by atoms with van der Waals surface area (Å²) in [4.78, 5) is 4.38. The number of ether oxygens (including phenoxy) is 1. The maximum Gasteiger partial charge on any atom is 0.422 e. The second-order valence-corrected chi connectivity index (χ2v) is 6.69. The van der Waals surface area contributed by atoms with E-state index in [-0.39, 0.29) is 5.75 Å². The number of fused-ring (bicyclic) bond motifs is 1. The topological polar surface area (TPSA) is 50.8 Å². The van der Waals surface area contributed by atoms with Crippen LogP contribution >= 0.6 is 0 Å². The summed E-state index contributed by atoms with van der Waals surface area (Å²) in [6, 6.07) is 12.4. The highest BCUT2D eigenvalue weighted by molar-refractivity contribution is 5.94. The maximum absolute atomic E-state index is 12.5. The predicted octanol–water partition coefficient (Wildman–Crippen LogP) is 4.93. The van der Waals surface area contributed by atoms with Crippen molar-refractivity contribution in [3.05, 3.63) is 48.2 Å². The third-order valence-electron chi connectivity index (χ3n) is 4.60. The van der Waals surface area contributed by atoms with E-state index in [4.69, 9.17) is 4.74 Å². The molecule has 0 atom stereocenters. The van der Waals surface area contributed by atoms with Gasteiger partial charge in [-0.25, -0.2) is 0 Å². The Balaban J connectivity index is 1.86. The van der Waals surface area contributed by atoms with Crippen LogP contribution in [0.1, 0.15) is 18.4 Å². The van der Waals surface area contributed by atoms with Gasteiger partial charge in [-0.1, -0.05) is 6.07 Å². The minimum atomic E-state index is -4.40. The van der Waals surface area contributed by atoms with Crippen molar-refractivity contribution in [2.45, 2.75) is 25.6 Å². The lowest BCUT2D eigenvalue weighted by Gasteiger charge is -2.12. The Morgan fingerprint density at radius 1 is 1.22 bits per heavy atom. The number of pyridine rings is 1. The standard InChI is InChI=1S/C20H16F3N3O/c21-20(22,23)12-27-14-6-7-15-16(10-24)19(17-3-1-2-8-25-17)26(18(15)9-14)11-13-4-5-13/h1-3,6-9,13H,4-5,11-12H2. The van der Waals surface area contributed by atoms with E-state index in [0.717, 1.165) is 12.8 Å². The lowest BCUT2D eigenvalue weighted by molar-refractivity contribution is -0.153. The van der Waals surface area contributed by atoms with Crippen LogP contribution in [0, 0.1) is 17.2 Å². The zero-order chi connectivity index (χ0) is 19.0. The number of nitrogens with zero attached hydrogens (tertiary/aromatic N) is 3. The quantitative estimate of drug-likeness (QED) is 0.639. The molecule has 27 heavy (non-hydrogen) atoms. The number of alkyl halides is 3. The fourth-order valence-corrected chi connectivity index (χ4v) is 3.21. The van der Waals surface area contributed by atoms with E-state index < -0.39 is 12.8 Å². The highest BCUT2D eigenvalue weighted by atomic mass is 19.4. The smallest absolute Gasteiger partial charge is 0.422 e. The highest BCUT2D eigenvalue weighted by Crippen LogP contribution is 2.39. The zero-order valence-corrected chi connectivity index (χ0v) is 14.3. The molecule has 0 N–H and O–H groups in total. The van der Waals surface area contributed by atoms with E-state index in [1.807, 2.05) is 16.7 Å². The molecule has 2 aromatic heterocycles. The molecule has 1 aromatic carbocycles. The first-order valence-corrected chi connectivity index (χ1v) is 8.63. The summed E-state index contributed by atoms with van der Waals surface area (Å²) in [5, 5.41) is 10.4. The SMILES string of the molecule is N#Cc1c(-c2ccccn2)n(CC2CC2)c2cc(OCC(F)(F)F)ccc12. The van der Waals surface area contributed by atoms with Crippen molar-refractivity contribution in [1.29, 1.82) is 5.26 Å². The Morgan fingerprint density at radius 2 is 2.04 bits per heavy atom. The zero-order valence-electron chi connectivity index (χ0n) is 14.3. The molecule has 1 aliphatic carbocycles. The molecule has 0 amide bonds. The van der Waals surface area contributed by atoms with Crippen molar-refractivity contribution in [2.24, 2.45) is 5.92 Å². The number of rotatable bonds is 5. The highest BCUT2D eigenvalue weighted by Gasteiger charge is 2.29. The lowest BCUT2D eigenvalue weighted by Crippen LogP contribution is -2.19. The van der Waals surface area contributed by atoms with Crippen LogP contribution in [0.25, 0.3) is 22.3 Å². The second kappa shape index (κ2) is 6.62. The predicted molar refractivity (Wildman–Crippen MR) is 94.2 cm³/mol. The Morgan fingerprint density at radius 3 is 2.67 bits per heavy atom. The molecular formula is C20H16F3N3O. The summed E-state index contributed by atoms with van der Waals surface area (Å²) in [5.74, 6) is 0.640. The monoisotopic (exact) mass is 371 g/mol. The van der Waals surface area contributed by atoms with Crippen LogP contribution in [0.2, 0.25) is 0 Å². The minimum absolute atomic E-state index is 0.131. The molecule has 1 aliphatic rings. The van der Waals surface area contributed by atoms with Gasteiger partial charge in [-0.2, -0.15) is 18.4 Å². The normalized spacial score (nSPS) is 14.3. The number of aromatic nitrogens is 2. The van der Waals surface area contributed by atoms with Crippen LogP contribution in [-0.2, 0) is 6.54 Å². The van der Waals surface area contributed by atoms with Crippen molar-refractivity contribution in [3.8, 4) is 23.2 Å². The first-order chi connectivity index (χ1) is 13.0. The molecule has 1 saturated carbocycles. The molecule has 3 aromatic rings. The van der Waals surface area contributed by atoms with Gasteiger partial charge in [0.1, 0.15) is 11.8 Å². The molecule has 0 bridgehead atoms. The van der Waals surface area contributed by atoms with Crippen molar-refractivity contribution in [2.75, 3.05) is 6.61 Å². The minimum Gasteiger partial charge on any atom is -0.484 e. The summed E-state index contributed by atoms with van der Waals surface area (Å²) in [6.45, 7) is -0.646. The molecule has 0 radical (unpaired) electrons. The van der Waals surface area contributed by atoms with Crippen LogP contribution in [0.3, 0.4) is 0 Å². The maximum atomic E-state index is 12.5. The summed E-state index contributed by atoms with van der Waals surface area (Å²) < 4.78 is 44.3. The summed E-state index contributed by atoms with van der Waals surface area (Å²) in [7, 11) is 0. The first kappa shape index (κ1) is 17.4. The van der Waals surface area contributed by atoms with Crippen molar-refractivity contribution in [1.82, 2.24) is 9.55 Å². The number of halogens is 3. The summed E-state index contributed by atoms with van der Waals surface area (Å²) >= 11 is 0. The fraction of sp³-hybridized carbons (Fsp3) is 0.300. The number of nitriles is 1. The molecule has 2 heterocycles. The Hall–Kier alpha value is -3.01. The Kier molecular flexibility index (Phi) is 4.27. The number of benzene rings is 1. The first-order valence-electron chi connectivity index (χ1n) is 8.63. The van der Waals surface area contributed by atoms with E-state index in [1.54, 1.807) is 24.4 Å². The third kappa shape index (κ3) is 3.61. The van der Waals surface area contributed by atoms with E-state index in [9.17, 15) is 18.4 Å². The molecule has 138 valence electrons. The van der Waals surface area contributed by atoms with Gasteiger partial charge in [0, 0.05) is 24.2 Å². The molecule has 0 aliphatic heterocycles. The Bertz CT molecular complexity index is 1010. The van der Waals surface area contributed by atoms with Gasteiger partial charge in [-0.15, -0.1) is 0 Å². The molecule has 0 saturated heterocycles. The lowest BCUT2D eigenvalue weighted by atomic mass is 10.1. The van der Waals surface area contributed by atoms with Gasteiger partial charge in [0.05, 0.1) is 22.5 Å². The van der Waals surface area contributed by atoms with Gasteiger partial charge in [-0.05, 0) is 43.0 Å². The summed E-state index contributed by atoms with van der Waals surface area (Å²) in [6.07, 6.45) is -0.531.